The Morgan fingerprint density at radius 3 is 2.56 bits per heavy atom. The molecule has 0 heterocycles. The van der Waals surface area contributed by atoms with Crippen LogP contribution in [0.15, 0.2) is 0 Å². The molecule has 4 heteroatoms. The molecule has 0 saturated heterocycles. The number of thioether (sulfide) groups is 1. The van der Waals surface area contributed by atoms with E-state index < -0.39 is 0 Å². The summed E-state index contributed by atoms with van der Waals surface area (Å²) in [6, 6.07) is -0.0868. The average molecular weight is 246 g/mol. The zero-order valence-electron chi connectivity index (χ0n) is 11.0. The molecule has 0 fully saturated rings. The first-order valence-electron chi connectivity index (χ1n) is 6.15. The molecule has 1 amide bonds. The highest BCUT2D eigenvalue weighted by atomic mass is 32.2. The SMILES string of the molecule is CCCCCNC(=O)C(C)NCC(C)SC. The van der Waals surface area contributed by atoms with Gasteiger partial charge < -0.3 is 10.6 Å². The van der Waals surface area contributed by atoms with Crippen molar-refractivity contribution in [2.45, 2.75) is 51.3 Å². The van der Waals surface area contributed by atoms with Gasteiger partial charge in [0.15, 0.2) is 0 Å². The highest BCUT2D eigenvalue weighted by Crippen LogP contribution is 2.02. The Balaban J connectivity index is 3.57. The number of unbranched alkanes of at least 4 members (excludes halogenated alkanes) is 2. The summed E-state index contributed by atoms with van der Waals surface area (Å²) in [6.07, 6.45) is 5.54. The molecule has 0 aromatic heterocycles. The zero-order chi connectivity index (χ0) is 12.4. The van der Waals surface area contributed by atoms with Gasteiger partial charge in [-0.15, -0.1) is 0 Å². The van der Waals surface area contributed by atoms with Crippen LogP contribution in [0.1, 0.15) is 40.0 Å². The van der Waals surface area contributed by atoms with Crippen molar-refractivity contribution >= 4 is 17.7 Å². The fraction of sp³-hybridized carbons (Fsp3) is 0.917. The van der Waals surface area contributed by atoms with Gasteiger partial charge in [-0.25, -0.2) is 0 Å². The van der Waals surface area contributed by atoms with E-state index in [1.165, 1.54) is 12.8 Å². The lowest BCUT2D eigenvalue weighted by atomic mass is 10.2. The standard InChI is InChI=1S/C12H26N2OS/c1-5-6-7-8-13-12(15)11(3)14-9-10(2)16-4/h10-11,14H,5-9H2,1-4H3,(H,13,15). The van der Waals surface area contributed by atoms with E-state index in [9.17, 15) is 4.79 Å². The molecule has 0 bridgehead atoms. The van der Waals surface area contributed by atoms with E-state index >= 15 is 0 Å². The van der Waals surface area contributed by atoms with Gasteiger partial charge >= 0.3 is 0 Å². The van der Waals surface area contributed by atoms with E-state index in [0.29, 0.717) is 5.25 Å². The van der Waals surface area contributed by atoms with E-state index in [0.717, 1.165) is 19.5 Å². The molecule has 0 saturated carbocycles. The Morgan fingerprint density at radius 1 is 1.31 bits per heavy atom. The average Bonchev–Trinajstić information content (AvgIpc) is 2.30. The lowest BCUT2D eigenvalue weighted by Gasteiger charge is -2.16. The molecule has 16 heavy (non-hydrogen) atoms. The minimum absolute atomic E-state index is 0.0868. The van der Waals surface area contributed by atoms with E-state index in [1.807, 2.05) is 18.7 Å². The predicted octanol–water partition coefficient (Wildman–Crippen LogP) is 2.02. The van der Waals surface area contributed by atoms with Crippen molar-refractivity contribution in [2.75, 3.05) is 19.3 Å². The summed E-state index contributed by atoms with van der Waals surface area (Å²) in [5, 5.41) is 6.74. The second-order valence-electron chi connectivity index (χ2n) is 4.17. The Kier molecular flexibility index (Phi) is 9.83. The number of rotatable bonds is 9. The van der Waals surface area contributed by atoms with Crippen LogP contribution < -0.4 is 10.6 Å². The maximum absolute atomic E-state index is 11.6. The van der Waals surface area contributed by atoms with Crippen LogP contribution in [0.2, 0.25) is 0 Å². The van der Waals surface area contributed by atoms with Crippen molar-refractivity contribution in [1.29, 1.82) is 0 Å². The maximum Gasteiger partial charge on any atom is 0.236 e. The highest BCUT2D eigenvalue weighted by molar-refractivity contribution is 7.99. The quantitative estimate of drug-likeness (QED) is 0.612. The molecule has 2 N–H and O–H groups in total. The molecule has 0 aliphatic heterocycles. The maximum atomic E-state index is 11.6. The highest BCUT2D eigenvalue weighted by Gasteiger charge is 2.12. The summed E-state index contributed by atoms with van der Waals surface area (Å²) in [5.74, 6) is 0.115. The van der Waals surface area contributed by atoms with Gasteiger partial charge in [0.2, 0.25) is 5.91 Å². The number of nitrogens with one attached hydrogen (secondary N) is 2. The van der Waals surface area contributed by atoms with Crippen LogP contribution in [-0.4, -0.2) is 36.5 Å². The largest absolute Gasteiger partial charge is 0.355 e. The topological polar surface area (TPSA) is 41.1 Å². The van der Waals surface area contributed by atoms with Gasteiger partial charge in [0.25, 0.3) is 0 Å². The van der Waals surface area contributed by atoms with Crippen molar-refractivity contribution in [3.05, 3.63) is 0 Å². The Bertz CT molecular complexity index is 188. The number of hydrogen-bond donors (Lipinski definition) is 2. The van der Waals surface area contributed by atoms with E-state index in [4.69, 9.17) is 0 Å². The molecule has 0 aromatic carbocycles. The normalized spacial score (nSPS) is 14.5. The van der Waals surface area contributed by atoms with Crippen molar-refractivity contribution in [3.63, 3.8) is 0 Å². The van der Waals surface area contributed by atoms with Crippen LogP contribution in [0.4, 0.5) is 0 Å². The zero-order valence-corrected chi connectivity index (χ0v) is 11.8. The van der Waals surface area contributed by atoms with Crippen LogP contribution in [-0.2, 0) is 4.79 Å². The smallest absolute Gasteiger partial charge is 0.236 e. The van der Waals surface area contributed by atoms with Gasteiger partial charge in [-0.05, 0) is 19.6 Å². The number of carbonyl (C=O) groups excluding carboxylic acids is 1. The first kappa shape index (κ1) is 15.8. The number of carbonyl (C=O) groups is 1. The predicted molar refractivity (Wildman–Crippen MR) is 73.0 cm³/mol. The molecule has 96 valence electrons. The van der Waals surface area contributed by atoms with Crippen LogP contribution in [0, 0.1) is 0 Å². The summed E-state index contributed by atoms with van der Waals surface area (Å²) in [5.41, 5.74) is 0. The third kappa shape index (κ3) is 7.99. The molecule has 3 nitrogen and oxygen atoms in total. The van der Waals surface area contributed by atoms with E-state index in [-0.39, 0.29) is 11.9 Å². The van der Waals surface area contributed by atoms with Crippen molar-refractivity contribution in [3.8, 4) is 0 Å². The van der Waals surface area contributed by atoms with Crippen molar-refractivity contribution in [2.24, 2.45) is 0 Å². The summed E-state index contributed by atoms with van der Waals surface area (Å²) in [6.45, 7) is 7.92. The van der Waals surface area contributed by atoms with Crippen LogP contribution in [0.25, 0.3) is 0 Å². The number of hydrogen-bond acceptors (Lipinski definition) is 3. The van der Waals surface area contributed by atoms with Gasteiger partial charge in [0.05, 0.1) is 6.04 Å². The third-order valence-electron chi connectivity index (χ3n) is 2.59. The number of amides is 1. The molecular weight excluding hydrogens is 220 g/mol. The first-order valence-corrected chi connectivity index (χ1v) is 7.44. The lowest BCUT2D eigenvalue weighted by Crippen LogP contribution is -2.44. The summed E-state index contributed by atoms with van der Waals surface area (Å²) >= 11 is 1.81. The van der Waals surface area contributed by atoms with Gasteiger partial charge in [-0.2, -0.15) is 11.8 Å². The Labute approximate surface area is 104 Å². The Hall–Kier alpha value is -0.220. The molecule has 0 aromatic rings. The van der Waals surface area contributed by atoms with Gasteiger partial charge in [0.1, 0.15) is 0 Å². The van der Waals surface area contributed by atoms with Crippen LogP contribution in [0.5, 0.6) is 0 Å². The van der Waals surface area contributed by atoms with Crippen LogP contribution >= 0.6 is 11.8 Å². The van der Waals surface area contributed by atoms with Crippen LogP contribution in [0.3, 0.4) is 0 Å². The molecule has 0 aliphatic rings. The minimum Gasteiger partial charge on any atom is -0.355 e. The van der Waals surface area contributed by atoms with E-state index in [2.05, 4.69) is 30.7 Å². The Morgan fingerprint density at radius 2 is 2.00 bits per heavy atom. The molecule has 0 spiro atoms. The van der Waals surface area contributed by atoms with E-state index in [1.54, 1.807) is 0 Å². The second kappa shape index (κ2) is 9.97. The fourth-order valence-electron chi connectivity index (χ4n) is 1.26. The molecule has 2 atom stereocenters. The fourth-order valence-corrected chi connectivity index (χ4v) is 1.52. The van der Waals surface area contributed by atoms with Gasteiger partial charge in [0, 0.05) is 18.3 Å². The monoisotopic (exact) mass is 246 g/mol. The molecule has 0 aliphatic carbocycles. The molecule has 0 radical (unpaired) electrons. The second-order valence-corrected chi connectivity index (χ2v) is 5.45. The molecular formula is C12H26N2OS. The van der Waals surface area contributed by atoms with Gasteiger partial charge in [-0.1, -0.05) is 26.7 Å². The summed E-state index contributed by atoms with van der Waals surface area (Å²) in [4.78, 5) is 11.6. The molecule has 0 rings (SSSR count). The lowest BCUT2D eigenvalue weighted by molar-refractivity contribution is -0.122. The third-order valence-corrected chi connectivity index (χ3v) is 3.56. The summed E-state index contributed by atoms with van der Waals surface area (Å²) < 4.78 is 0. The van der Waals surface area contributed by atoms with Gasteiger partial charge in [-0.3, -0.25) is 4.79 Å². The van der Waals surface area contributed by atoms with Crippen molar-refractivity contribution in [1.82, 2.24) is 10.6 Å². The minimum atomic E-state index is -0.0868. The molecule has 2 unspecified atom stereocenters. The first-order chi connectivity index (χ1) is 7.61. The van der Waals surface area contributed by atoms with Crippen molar-refractivity contribution < 1.29 is 4.79 Å². The summed E-state index contributed by atoms with van der Waals surface area (Å²) in [7, 11) is 0.